The predicted molar refractivity (Wildman–Crippen MR) is 69.8 cm³/mol. The fraction of sp³-hybridized carbons (Fsp3) is 0.357. The Kier molecular flexibility index (Phi) is 3.77. The zero-order chi connectivity index (χ0) is 13.1. The average Bonchev–Trinajstić information content (AvgIpc) is 2.72. The number of nitrogens with zero attached hydrogens (tertiary/aromatic N) is 2. The molecule has 96 valence electrons. The van der Waals surface area contributed by atoms with Gasteiger partial charge in [-0.3, -0.25) is 4.68 Å². The van der Waals surface area contributed by atoms with E-state index in [4.69, 9.17) is 0 Å². The van der Waals surface area contributed by atoms with Crippen LogP contribution >= 0.6 is 0 Å². The SMILES string of the molecule is CNC(Cc1ccn(C)n1)c1ccc(C)cc1F. The second kappa shape index (κ2) is 5.31. The summed E-state index contributed by atoms with van der Waals surface area (Å²) in [4.78, 5) is 0. The number of benzene rings is 1. The van der Waals surface area contributed by atoms with Gasteiger partial charge in [0.2, 0.25) is 0 Å². The van der Waals surface area contributed by atoms with E-state index in [0.717, 1.165) is 11.3 Å². The lowest BCUT2D eigenvalue weighted by atomic mass is 10.0. The molecule has 2 aromatic rings. The van der Waals surface area contributed by atoms with Crippen molar-refractivity contribution in [2.24, 2.45) is 7.05 Å². The molecule has 0 aliphatic rings. The Bertz CT molecular complexity index is 534. The van der Waals surface area contributed by atoms with Gasteiger partial charge < -0.3 is 5.32 Å². The molecule has 1 N–H and O–H groups in total. The van der Waals surface area contributed by atoms with E-state index >= 15 is 0 Å². The lowest BCUT2D eigenvalue weighted by molar-refractivity contribution is 0.527. The lowest BCUT2D eigenvalue weighted by Gasteiger charge is -2.16. The summed E-state index contributed by atoms with van der Waals surface area (Å²) in [5, 5.41) is 7.47. The molecule has 0 saturated heterocycles. The molecule has 1 unspecified atom stereocenters. The molecular weight excluding hydrogens is 229 g/mol. The van der Waals surface area contributed by atoms with Gasteiger partial charge in [-0.1, -0.05) is 12.1 Å². The van der Waals surface area contributed by atoms with E-state index in [1.165, 1.54) is 0 Å². The smallest absolute Gasteiger partial charge is 0.128 e. The van der Waals surface area contributed by atoms with Gasteiger partial charge in [0.15, 0.2) is 0 Å². The quantitative estimate of drug-likeness (QED) is 0.899. The fourth-order valence-corrected chi connectivity index (χ4v) is 2.06. The van der Waals surface area contributed by atoms with Gasteiger partial charge in [0.25, 0.3) is 0 Å². The second-order valence-electron chi connectivity index (χ2n) is 4.55. The van der Waals surface area contributed by atoms with Crippen molar-refractivity contribution >= 4 is 0 Å². The molecule has 0 amide bonds. The highest BCUT2D eigenvalue weighted by Crippen LogP contribution is 2.21. The third kappa shape index (κ3) is 2.76. The Hall–Kier alpha value is -1.68. The highest BCUT2D eigenvalue weighted by Gasteiger charge is 2.15. The van der Waals surface area contributed by atoms with E-state index in [0.29, 0.717) is 12.0 Å². The van der Waals surface area contributed by atoms with Crippen molar-refractivity contribution in [1.82, 2.24) is 15.1 Å². The van der Waals surface area contributed by atoms with Crippen LogP contribution in [0.4, 0.5) is 4.39 Å². The Balaban J connectivity index is 2.22. The minimum atomic E-state index is -0.162. The van der Waals surface area contributed by atoms with Crippen molar-refractivity contribution in [3.63, 3.8) is 0 Å². The van der Waals surface area contributed by atoms with Crippen LogP contribution in [0.3, 0.4) is 0 Å². The summed E-state index contributed by atoms with van der Waals surface area (Å²) in [6.45, 7) is 1.89. The van der Waals surface area contributed by atoms with Crippen LogP contribution < -0.4 is 5.32 Å². The van der Waals surface area contributed by atoms with Gasteiger partial charge in [-0.05, 0) is 31.7 Å². The van der Waals surface area contributed by atoms with E-state index in [1.807, 2.05) is 45.4 Å². The third-order valence-electron chi connectivity index (χ3n) is 3.06. The molecule has 3 nitrogen and oxygen atoms in total. The van der Waals surface area contributed by atoms with E-state index < -0.39 is 0 Å². The number of hydrogen-bond acceptors (Lipinski definition) is 2. The first kappa shape index (κ1) is 12.8. The van der Waals surface area contributed by atoms with Gasteiger partial charge in [0.05, 0.1) is 5.69 Å². The molecule has 0 aliphatic heterocycles. The molecule has 0 spiro atoms. The monoisotopic (exact) mass is 247 g/mol. The number of likely N-dealkylation sites (N-methyl/N-ethyl adjacent to an activating group) is 1. The van der Waals surface area contributed by atoms with E-state index in [1.54, 1.807) is 10.7 Å². The molecule has 0 aliphatic carbocycles. The van der Waals surface area contributed by atoms with Gasteiger partial charge in [-0.25, -0.2) is 4.39 Å². The molecule has 4 heteroatoms. The topological polar surface area (TPSA) is 29.9 Å². The maximum Gasteiger partial charge on any atom is 0.128 e. The Morgan fingerprint density at radius 3 is 2.72 bits per heavy atom. The number of aryl methyl sites for hydroxylation is 2. The standard InChI is InChI=1S/C14H18FN3/c1-10-4-5-12(13(15)8-10)14(16-2)9-11-6-7-18(3)17-11/h4-8,14,16H,9H2,1-3H3. The second-order valence-corrected chi connectivity index (χ2v) is 4.55. The highest BCUT2D eigenvalue weighted by atomic mass is 19.1. The molecule has 1 heterocycles. The first-order chi connectivity index (χ1) is 8.60. The van der Waals surface area contributed by atoms with Crippen LogP contribution in [-0.4, -0.2) is 16.8 Å². The van der Waals surface area contributed by atoms with Gasteiger partial charge in [-0.2, -0.15) is 5.10 Å². The largest absolute Gasteiger partial charge is 0.313 e. The third-order valence-corrected chi connectivity index (χ3v) is 3.06. The highest BCUT2D eigenvalue weighted by molar-refractivity contribution is 5.27. The Labute approximate surface area is 107 Å². The first-order valence-corrected chi connectivity index (χ1v) is 6.02. The molecule has 0 fully saturated rings. The van der Waals surface area contributed by atoms with Gasteiger partial charge in [0.1, 0.15) is 5.82 Å². The van der Waals surface area contributed by atoms with Crippen LogP contribution in [0.25, 0.3) is 0 Å². The lowest BCUT2D eigenvalue weighted by Crippen LogP contribution is -2.20. The molecule has 0 bridgehead atoms. The molecular formula is C14H18FN3. The number of rotatable bonds is 4. The number of halogens is 1. The van der Waals surface area contributed by atoms with Crippen LogP contribution in [0.5, 0.6) is 0 Å². The van der Waals surface area contributed by atoms with Crippen molar-refractivity contribution in [3.8, 4) is 0 Å². The van der Waals surface area contributed by atoms with E-state index in [9.17, 15) is 4.39 Å². The Morgan fingerprint density at radius 1 is 1.39 bits per heavy atom. The minimum Gasteiger partial charge on any atom is -0.313 e. The molecule has 1 atom stereocenters. The summed E-state index contributed by atoms with van der Waals surface area (Å²) < 4.78 is 15.7. The molecule has 1 aromatic heterocycles. The number of hydrogen-bond donors (Lipinski definition) is 1. The summed E-state index contributed by atoms with van der Waals surface area (Å²) in [6, 6.07) is 7.24. The van der Waals surface area contributed by atoms with Crippen LogP contribution in [-0.2, 0) is 13.5 Å². The maximum atomic E-state index is 13.9. The van der Waals surface area contributed by atoms with Crippen LogP contribution in [0.1, 0.15) is 22.9 Å². The predicted octanol–water partition coefficient (Wildman–Crippen LogP) is 2.37. The normalized spacial score (nSPS) is 12.7. The van der Waals surface area contributed by atoms with Crippen molar-refractivity contribution in [2.45, 2.75) is 19.4 Å². The van der Waals surface area contributed by atoms with Crippen LogP contribution in [0.2, 0.25) is 0 Å². The van der Waals surface area contributed by atoms with Gasteiger partial charge >= 0.3 is 0 Å². The summed E-state index contributed by atoms with van der Waals surface area (Å²) in [5.74, 6) is -0.162. The number of aromatic nitrogens is 2. The van der Waals surface area contributed by atoms with Crippen molar-refractivity contribution in [2.75, 3.05) is 7.05 Å². The van der Waals surface area contributed by atoms with Crippen LogP contribution in [0.15, 0.2) is 30.5 Å². The van der Waals surface area contributed by atoms with Crippen molar-refractivity contribution in [1.29, 1.82) is 0 Å². The first-order valence-electron chi connectivity index (χ1n) is 6.02. The van der Waals surface area contributed by atoms with Crippen molar-refractivity contribution < 1.29 is 4.39 Å². The number of nitrogens with one attached hydrogen (secondary N) is 1. The zero-order valence-electron chi connectivity index (χ0n) is 10.9. The Morgan fingerprint density at radius 2 is 2.17 bits per heavy atom. The zero-order valence-corrected chi connectivity index (χ0v) is 10.9. The van der Waals surface area contributed by atoms with E-state index in [-0.39, 0.29) is 11.9 Å². The van der Waals surface area contributed by atoms with Crippen LogP contribution in [0, 0.1) is 12.7 Å². The molecule has 0 saturated carbocycles. The van der Waals surface area contributed by atoms with Crippen molar-refractivity contribution in [3.05, 3.63) is 53.1 Å². The van der Waals surface area contributed by atoms with Gasteiger partial charge in [0, 0.05) is 31.3 Å². The van der Waals surface area contributed by atoms with E-state index in [2.05, 4.69) is 10.4 Å². The maximum absolute atomic E-state index is 13.9. The summed E-state index contributed by atoms with van der Waals surface area (Å²) >= 11 is 0. The summed E-state index contributed by atoms with van der Waals surface area (Å²) in [5.41, 5.74) is 2.58. The molecule has 2 rings (SSSR count). The summed E-state index contributed by atoms with van der Waals surface area (Å²) in [6.07, 6.45) is 2.57. The molecule has 0 radical (unpaired) electrons. The molecule has 1 aromatic carbocycles. The summed E-state index contributed by atoms with van der Waals surface area (Å²) in [7, 11) is 3.72. The molecule has 18 heavy (non-hydrogen) atoms. The fourth-order valence-electron chi connectivity index (χ4n) is 2.06. The minimum absolute atomic E-state index is 0.0551. The average molecular weight is 247 g/mol. The van der Waals surface area contributed by atoms with Gasteiger partial charge in [-0.15, -0.1) is 0 Å².